The summed E-state index contributed by atoms with van der Waals surface area (Å²) in [5.41, 5.74) is 1.98. The van der Waals surface area contributed by atoms with Gasteiger partial charge in [-0.3, -0.25) is 4.90 Å². The van der Waals surface area contributed by atoms with Crippen molar-refractivity contribution in [3.05, 3.63) is 66.5 Å². The number of amides is 2. The largest absolute Gasteiger partial charge is 0.337 e. The molecule has 3 aromatic rings. The number of carbonyl (C=O) groups excluding carboxylic acids is 1. The maximum absolute atomic E-state index is 12.5. The highest BCUT2D eigenvalue weighted by atomic mass is 16.2. The van der Waals surface area contributed by atoms with Crippen molar-refractivity contribution in [2.24, 2.45) is 7.05 Å². The van der Waals surface area contributed by atoms with E-state index in [1.54, 1.807) is 6.20 Å². The minimum absolute atomic E-state index is 0.0240. The first-order valence-electron chi connectivity index (χ1n) is 9.49. The molecule has 28 heavy (non-hydrogen) atoms. The Hall–Kier alpha value is -3.13. The van der Waals surface area contributed by atoms with Gasteiger partial charge in [-0.1, -0.05) is 18.2 Å². The van der Waals surface area contributed by atoms with Gasteiger partial charge in [-0.15, -0.1) is 0 Å². The van der Waals surface area contributed by atoms with Crippen LogP contribution in [0.1, 0.15) is 11.4 Å². The van der Waals surface area contributed by atoms with E-state index in [2.05, 4.69) is 20.3 Å². The molecule has 2 amide bonds. The predicted octanol–water partition coefficient (Wildman–Crippen LogP) is 1.63. The summed E-state index contributed by atoms with van der Waals surface area (Å²) in [6.45, 7) is 4.44. The zero-order chi connectivity index (χ0) is 19.3. The summed E-state index contributed by atoms with van der Waals surface area (Å²) in [5, 5.41) is 7.37. The topological polar surface area (TPSA) is 71.2 Å². The molecular formula is C20H25N7O. The third-order valence-electron chi connectivity index (χ3n) is 5.05. The van der Waals surface area contributed by atoms with Crippen molar-refractivity contribution >= 4 is 6.03 Å². The Balaban J connectivity index is 1.24. The van der Waals surface area contributed by atoms with E-state index in [0.717, 1.165) is 49.8 Å². The number of piperazine rings is 1. The number of urea groups is 1. The fourth-order valence-electron chi connectivity index (χ4n) is 3.32. The van der Waals surface area contributed by atoms with Gasteiger partial charge in [0.1, 0.15) is 5.82 Å². The minimum atomic E-state index is -0.0240. The van der Waals surface area contributed by atoms with Crippen molar-refractivity contribution in [2.45, 2.75) is 13.1 Å². The van der Waals surface area contributed by atoms with Gasteiger partial charge in [0.2, 0.25) is 0 Å². The number of para-hydroxylation sites is 1. The molecule has 0 saturated carbocycles. The Morgan fingerprint density at radius 2 is 1.93 bits per heavy atom. The second kappa shape index (κ2) is 8.26. The zero-order valence-electron chi connectivity index (χ0n) is 16.0. The Morgan fingerprint density at radius 3 is 2.64 bits per heavy atom. The Labute approximate surface area is 164 Å². The van der Waals surface area contributed by atoms with Gasteiger partial charge in [0.05, 0.1) is 18.4 Å². The lowest BCUT2D eigenvalue weighted by Crippen LogP contribution is -2.51. The molecule has 8 heteroatoms. The molecule has 0 aliphatic carbocycles. The molecule has 1 aliphatic heterocycles. The fraction of sp³-hybridized carbons (Fsp3) is 0.350. The highest BCUT2D eigenvalue weighted by Gasteiger charge is 2.21. The third kappa shape index (κ3) is 4.23. The predicted molar refractivity (Wildman–Crippen MR) is 106 cm³/mol. The molecule has 0 spiro atoms. The van der Waals surface area contributed by atoms with Crippen molar-refractivity contribution in [1.29, 1.82) is 0 Å². The van der Waals surface area contributed by atoms with Crippen LogP contribution in [0.5, 0.6) is 0 Å². The Bertz CT molecular complexity index is 910. The number of aromatic nitrogens is 4. The number of hydrogen-bond acceptors (Lipinski definition) is 4. The number of carbonyl (C=O) groups is 1. The molecule has 2 aromatic heterocycles. The average molecular weight is 379 g/mol. The van der Waals surface area contributed by atoms with Crippen molar-refractivity contribution < 1.29 is 4.79 Å². The number of nitrogens with zero attached hydrogens (tertiary/aromatic N) is 6. The zero-order valence-corrected chi connectivity index (χ0v) is 16.0. The molecule has 1 aliphatic rings. The maximum atomic E-state index is 12.5. The quantitative estimate of drug-likeness (QED) is 0.732. The van der Waals surface area contributed by atoms with E-state index in [9.17, 15) is 4.79 Å². The number of benzene rings is 1. The highest BCUT2D eigenvalue weighted by Crippen LogP contribution is 2.09. The first-order valence-corrected chi connectivity index (χ1v) is 9.49. The van der Waals surface area contributed by atoms with E-state index in [0.29, 0.717) is 6.54 Å². The summed E-state index contributed by atoms with van der Waals surface area (Å²) in [6, 6.07) is 9.91. The van der Waals surface area contributed by atoms with E-state index in [-0.39, 0.29) is 6.03 Å². The molecule has 4 rings (SSSR count). The number of rotatable bonds is 5. The van der Waals surface area contributed by atoms with Crippen LogP contribution in [-0.2, 0) is 20.1 Å². The van der Waals surface area contributed by atoms with E-state index < -0.39 is 0 Å². The number of nitrogens with one attached hydrogen (secondary N) is 1. The van der Waals surface area contributed by atoms with E-state index in [1.807, 2.05) is 70.1 Å². The third-order valence-corrected chi connectivity index (χ3v) is 5.05. The monoisotopic (exact) mass is 379 g/mol. The average Bonchev–Trinajstić information content (AvgIpc) is 3.37. The summed E-state index contributed by atoms with van der Waals surface area (Å²) >= 11 is 0. The van der Waals surface area contributed by atoms with Gasteiger partial charge in [-0.05, 0) is 12.1 Å². The lowest BCUT2D eigenvalue weighted by atomic mass is 10.3. The van der Waals surface area contributed by atoms with E-state index in [1.165, 1.54) is 0 Å². The van der Waals surface area contributed by atoms with Crippen molar-refractivity contribution in [2.75, 3.05) is 26.2 Å². The molecular weight excluding hydrogens is 354 g/mol. The van der Waals surface area contributed by atoms with Gasteiger partial charge < -0.3 is 14.8 Å². The molecule has 0 radical (unpaired) electrons. The molecule has 8 nitrogen and oxygen atoms in total. The number of aryl methyl sites for hydroxylation is 1. The van der Waals surface area contributed by atoms with Crippen molar-refractivity contribution in [1.82, 2.24) is 34.4 Å². The summed E-state index contributed by atoms with van der Waals surface area (Å²) in [5.74, 6) is 1.05. The van der Waals surface area contributed by atoms with Gasteiger partial charge in [0.25, 0.3) is 0 Å². The second-order valence-corrected chi connectivity index (χ2v) is 7.00. The summed E-state index contributed by atoms with van der Waals surface area (Å²) in [7, 11) is 2.01. The summed E-state index contributed by atoms with van der Waals surface area (Å²) in [4.78, 5) is 21.1. The molecule has 1 saturated heterocycles. The molecule has 1 N–H and O–H groups in total. The normalized spacial score (nSPS) is 15.0. The van der Waals surface area contributed by atoms with Crippen LogP contribution in [0.15, 0.2) is 55.1 Å². The first-order chi connectivity index (χ1) is 13.7. The van der Waals surface area contributed by atoms with Crippen LogP contribution >= 0.6 is 0 Å². The van der Waals surface area contributed by atoms with Crippen molar-refractivity contribution in [3.63, 3.8) is 0 Å². The van der Waals surface area contributed by atoms with Crippen LogP contribution in [0, 0.1) is 0 Å². The minimum Gasteiger partial charge on any atom is -0.337 e. The van der Waals surface area contributed by atoms with Gasteiger partial charge in [0, 0.05) is 63.9 Å². The molecule has 1 fully saturated rings. The van der Waals surface area contributed by atoms with Crippen LogP contribution in [0.4, 0.5) is 4.79 Å². The van der Waals surface area contributed by atoms with Crippen molar-refractivity contribution in [3.8, 4) is 5.69 Å². The van der Waals surface area contributed by atoms with Gasteiger partial charge in [0.15, 0.2) is 0 Å². The molecule has 0 bridgehead atoms. The maximum Gasteiger partial charge on any atom is 0.317 e. The Morgan fingerprint density at radius 1 is 1.14 bits per heavy atom. The van der Waals surface area contributed by atoms with Crippen LogP contribution in [0.25, 0.3) is 5.69 Å². The first kappa shape index (κ1) is 18.2. The van der Waals surface area contributed by atoms with E-state index in [4.69, 9.17) is 0 Å². The van der Waals surface area contributed by atoms with Crippen LogP contribution in [0.2, 0.25) is 0 Å². The highest BCUT2D eigenvalue weighted by molar-refractivity contribution is 5.74. The SMILES string of the molecule is Cn1ccnc1CN1CCN(C(=O)NCc2cnn(-c3ccccc3)c2)CC1. The lowest BCUT2D eigenvalue weighted by Gasteiger charge is -2.34. The molecule has 0 atom stereocenters. The van der Waals surface area contributed by atoms with Gasteiger partial charge >= 0.3 is 6.03 Å². The molecule has 3 heterocycles. The standard InChI is InChI=1S/C20H25N7O/c1-24-8-7-21-19(24)16-25-9-11-26(12-10-25)20(28)22-13-17-14-23-27(15-17)18-5-3-2-4-6-18/h2-8,14-15H,9-13,16H2,1H3,(H,22,28). The van der Waals surface area contributed by atoms with Crippen LogP contribution in [-0.4, -0.2) is 61.3 Å². The molecule has 146 valence electrons. The fourth-order valence-corrected chi connectivity index (χ4v) is 3.32. The summed E-state index contributed by atoms with van der Waals surface area (Å²) in [6.07, 6.45) is 7.51. The van der Waals surface area contributed by atoms with Gasteiger partial charge in [-0.25, -0.2) is 14.5 Å². The van der Waals surface area contributed by atoms with E-state index >= 15 is 0 Å². The molecule has 0 unspecified atom stereocenters. The number of hydrogen-bond donors (Lipinski definition) is 1. The van der Waals surface area contributed by atoms with Crippen LogP contribution < -0.4 is 5.32 Å². The smallest absolute Gasteiger partial charge is 0.317 e. The lowest BCUT2D eigenvalue weighted by molar-refractivity contribution is 0.132. The second-order valence-electron chi connectivity index (χ2n) is 7.00. The molecule has 1 aromatic carbocycles. The van der Waals surface area contributed by atoms with Crippen LogP contribution in [0.3, 0.4) is 0 Å². The number of imidazole rings is 1. The Kier molecular flexibility index (Phi) is 5.38. The summed E-state index contributed by atoms with van der Waals surface area (Å²) < 4.78 is 3.85. The van der Waals surface area contributed by atoms with Gasteiger partial charge in [-0.2, -0.15) is 5.10 Å².